The molecule has 2 heterocycles. The zero-order valence-electron chi connectivity index (χ0n) is 23.2. The number of fused-ring (bicyclic) bond motifs is 2. The van der Waals surface area contributed by atoms with Crippen LogP contribution in [-0.4, -0.2) is 35.9 Å². The first-order chi connectivity index (χ1) is 20.9. The van der Waals surface area contributed by atoms with Crippen LogP contribution in [0.3, 0.4) is 0 Å². The minimum Gasteiger partial charge on any atom is -0.357 e. The van der Waals surface area contributed by atoms with Crippen molar-refractivity contribution in [1.82, 2.24) is 9.97 Å². The zero-order chi connectivity index (χ0) is 31.2. The Morgan fingerprint density at radius 3 is 1.32 bits per heavy atom. The molecule has 0 aliphatic carbocycles. The average molecular weight is 629 g/mol. The second-order valence-corrected chi connectivity index (χ2v) is 12.8. The second kappa shape index (κ2) is 10.9. The van der Waals surface area contributed by atoms with E-state index in [4.69, 9.17) is 0 Å². The van der Waals surface area contributed by atoms with Crippen molar-refractivity contribution >= 4 is 64.8 Å². The molecule has 222 valence electrons. The van der Waals surface area contributed by atoms with Gasteiger partial charge in [0, 0.05) is 44.3 Å². The highest BCUT2D eigenvalue weighted by Crippen LogP contribution is 2.38. The highest BCUT2D eigenvalue weighted by Gasteiger charge is 2.24. The fourth-order valence-electron chi connectivity index (χ4n) is 5.02. The molecule has 0 aliphatic rings. The second-order valence-electron chi connectivity index (χ2n) is 10.00. The normalized spacial score (nSPS) is 12.7. The molecule has 0 saturated carbocycles. The molecular formula is C30H24N6O6S2. The van der Waals surface area contributed by atoms with E-state index >= 15 is 0 Å². The van der Waals surface area contributed by atoms with Crippen LogP contribution in [0, 0.1) is 13.8 Å². The Balaban J connectivity index is 1.42. The van der Waals surface area contributed by atoms with Gasteiger partial charge in [-0.25, -0.2) is 0 Å². The van der Waals surface area contributed by atoms with Crippen LogP contribution in [-0.2, 0) is 20.2 Å². The summed E-state index contributed by atoms with van der Waals surface area (Å²) in [4.78, 5) is 5.14. The van der Waals surface area contributed by atoms with Gasteiger partial charge < -0.3 is 9.97 Å². The van der Waals surface area contributed by atoms with E-state index in [-0.39, 0.29) is 22.5 Å². The Morgan fingerprint density at radius 1 is 0.545 bits per heavy atom. The maximum atomic E-state index is 12.5. The maximum absolute atomic E-state index is 12.5. The van der Waals surface area contributed by atoms with Crippen LogP contribution in [0.5, 0.6) is 0 Å². The largest absolute Gasteiger partial charge is 0.357 e. The van der Waals surface area contributed by atoms with E-state index in [1.807, 2.05) is 62.4 Å². The molecule has 4 aromatic carbocycles. The number of H-pyrrole nitrogens is 2. The van der Waals surface area contributed by atoms with E-state index < -0.39 is 30.0 Å². The average Bonchev–Trinajstić information content (AvgIpc) is 3.48. The van der Waals surface area contributed by atoms with Crippen LogP contribution < -0.4 is 0 Å². The van der Waals surface area contributed by atoms with Crippen LogP contribution in [0.4, 0.5) is 22.7 Å². The Bertz CT molecular complexity index is 2210. The molecule has 44 heavy (non-hydrogen) atoms. The highest BCUT2D eigenvalue weighted by atomic mass is 32.2. The molecule has 0 atom stereocenters. The third-order valence-electron chi connectivity index (χ3n) is 7.03. The number of azo groups is 2. The molecule has 0 saturated heterocycles. The number of aromatic nitrogens is 2. The van der Waals surface area contributed by atoms with Crippen LogP contribution in [0.2, 0.25) is 0 Å². The maximum Gasteiger partial charge on any atom is 0.295 e. The first-order valence-corrected chi connectivity index (χ1v) is 16.0. The predicted molar refractivity (Wildman–Crippen MR) is 166 cm³/mol. The lowest BCUT2D eigenvalue weighted by Crippen LogP contribution is -2.05. The summed E-state index contributed by atoms with van der Waals surface area (Å²) in [5.74, 6) is 0. The molecule has 2 aromatic heterocycles. The summed E-state index contributed by atoms with van der Waals surface area (Å²) < 4.78 is 70.1. The lowest BCUT2D eigenvalue weighted by atomic mass is 10.0. The van der Waals surface area contributed by atoms with Gasteiger partial charge in [-0.05, 0) is 50.2 Å². The van der Waals surface area contributed by atoms with Gasteiger partial charge in [0.25, 0.3) is 20.2 Å². The Morgan fingerprint density at radius 2 is 0.932 bits per heavy atom. The van der Waals surface area contributed by atoms with Gasteiger partial charge in [0.2, 0.25) is 0 Å². The van der Waals surface area contributed by atoms with Crippen molar-refractivity contribution in [3.05, 3.63) is 96.3 Å². The van der Waals surface area contributed by atoms with Crippen molar-refractivity contribution in [2.75, 3.05) is 0 Å². The van der Waals surface area contributed by atoms with Gasteiger partial charge in [-0.2, -0.15) is 27.1 Å². The molecule has 14 heteroatoms. The number of nitrogens with one attached hydrogen (secondary N) is 2. The summed E-state index contributed by atoms with van der Waals surface area (Å²) in [6.45, 7) is 3.64. The number of hydrogen-bond acceptors (Lipinski definition) is 8. The van der Waals surface area contributed by atoms with Gasteiger partial charge in [0.1, 0.15) is 21.2 Å². The topological polar surface area (TPSA) is 190 Å². The molecule has 6 rings (SSSR count). The van der Waals surface area contributed by atoms with Crippen LogP contribution in [0.25, 0.3) is 32.9 Å². The van der Waals surface area contributed by atoms with Crippen LogP contribution in [0.1, 0.15) is 11.4 Å². The van der Waals surface area contributed by atoms with Gasteiger partial charge in [0.15, 0.2) is 0 Å². The Labute approximate surface area is 251 Å². The first kappa shape index (κ1) is 29.1. The van der Waals surface area contributed by atoms with E-state index in [2.05, 4.69) is 30.4 Å². The van der Waals surface area contributed by atoms with Gasteiger partial charge >= 0.3 is 0 Å². The minimum absolute atomic E-state index is 0.0824. The fourth-order valence-corrected chi connectivity index (χ4v) is 6.47. The van der Waals surface area contributed by atoms with Gasteiger partial charge in [-0.15, -0.1) is 10.2 Å². The third kappa shape index (κ3) is 5.54. The van der Waals surface area contributed by atoms with Gasteiger partial charge in [-0.1, -0.05) is 48.5 Å². The summed E-state index contributed by atoms with van der Waals surface area (Å²) in [6.07, 6.45) is 0. The van der Waals surface area contributed by atoms with Crippen molar-refractivity contribution in [3.8, 4) is 11.1 Å². The number of benzene rings is 4. The minimum atomic E-state index is -4.89. The third-order valence-corrected chi connectivity index (χ3v) is 8.81. The number of aromatic amines is 2. The first-order valence-electron chi connectivity index (χ1n) is 13.1. The molecule has 0 amide bonds. The smallest absolute Gasteiger partial charge is 0.295 e. The van der Waals surface area contributed by atoms with Crippen molar-refractivity contribution < 1.29 is 25.9 Å². The van der Waals surface area contributed by atoms with Crippen molar-refractivity contribution in [1.29, 1.82) is 0 Å². The number of para-hydroxylation sites is 2. The zero-order valence-corrected chi connectivity index (χ0v) is 24.8. The summed E-state index contributed by atoms with van der Waals surface area (Å²) in [5.41, 5.74) is 4.11. The lowest BCUT2D eigenvalue weighted by Gasteiger charge is -2.12. The molecular weight excluding hydrogens is 605 g/mol. The SMILES string of the molecule is Cc1[nH]c2ccccc2c1N=Nc1ccc(-c2ccc(N=Nc3c(C)[nH]c4ccccc34)cc2S(=O)(=O)O)c(S(=O)(=O)O)c1. The molecule has 4 N–H and O–H groups in total. The van der Waals surface area contributed by atoms with Crippen LogP contribution >= 0.6 is 0 Å². The van der Waals surface area contributed by atoms with Crippen molar-refractivity contribution in [3.63, 3.8) is 0 Å². The van der Waals surface area contributed by atoms with E-state index in [1.54, 1.807) is 0 Å². The molecule has 0 aliphatic heterocycles. The Hall–Kier alpha value is -5.02. The standard InChI is InChI=1S/C30H24N6O6S2/c1-17-29(23-7-3-5-9-25(23)31-17)35-33-19-11-13-21(27(15-19)43(37,38)39)22-14-12-20(16-28(22)44(40,41)42)34-36-30-18(2)32-26-10-6-4-8-24(26)30/h3-16,31-32H,1-2H3,(H,37,38,39)(H,40,41,42). The predicted octanol–water partition coefficient (Wildman–Crippen LogP) is 8.26. The molecule has 6 aromatic rings. The van der Waals surface area contributed by atoms with E-state index in [1.165, 1.54) is 24.3 Å². The number of nitrogens with zero attached hydrogens (tertiary/aromatic N) is 4. The van der Waals surface area contributed by atoms with E-state index in [9.17, 15) is 25.9 Å². The van der Waals surface area contributed by atoms with Gasteiger partial charge in [-0.3, -0.25) is 9.11 Å². The van der Waals surface area contributed by atoms with Crippen molar-refractivity contribution in [2.45, 2.75) is 23.6 Å². The van der Waals surface area contributed by atoms with E-state index in [0.717, 1.165) is 45.3 Å². The quantitative estimate of drug-likeness (QED) is 0.102. The molecule has 0 unspecified atom stereocenters. The monoisotopic (exact) mass is 628 g/mol. The number of aryl methyl sites for hydroxylation is 2. The summed E-state index contributed by atoms with van der Waals surface area (Å²) in [5, 5.41) is 18.5. The van der Waals surface area contributed by atoms with Crippen molar-refractivity contribution in [2.24, 2.45) is 20.5 Å². The van der Waals surface area contributed by atoms with Gasteiger partial charge in [0.05, 0.1) is 11.4 Å². The summed E-state index contributed by atoms with van der Waals surface area (Å²) in [6, 6.07) is 22.5. The fraction of sp³-hybridized carbons (Fsp3) is 0.0667. The highest BCUT2D eigenvalue weighted by molar-refractivity contribution is 7.86. The molecule has 0 bridgehead atoms. The Kier molecular flexibility index (Phi) is 7.21. The summed E-state index contributed by atoms with van der Waals surface area (Å²) in [7, 11) is -9.77. The molecule has 0 fully saturated rings. The lowest BCUT2D eigenvalue weighted by molar-refractivity contribution is 0.480. The van der Waals surface area contributed by atoms with E-state index in [0.29, 0.717) is 11.4 Å². The molecule has 0 spiro atoms. The van der Waals surface area contributed by atoms with Crippen LogP contribution in [0.15, 0.2) is 115 Å². The molecule has 0 radical (unpaired) electrons. The summed E-state index contributed by atoms with van der Waals surface area (Å²) >= 11 is 0. The number of hydrogen-bond donors (Lipinski definition) is 4. The molecule has 12 nitrogen and oxygen atoms in total. The number of rotatable bonds is 7.